The van der Waals surface area contributed by atoms with E-state index in [0.29, 0.717) is 5.69 Å². The van der Waals surface area contributed by atoms with Crippen molar-refractivity contribution < 1.29 is 4.79 Å². The Labute approximate surface area is 74.6 Å². The third-order valence-electron chi connectivity index (χ3n) is 1.69. The Morgan fingerprint density at radius 3 is 3.00 bits per heavy atom. The van der Waals surface area contributed by atoms with Gasteiger partial charge in [-0.15, -0.1) is 0 Å². The third-order valence-corrected chi connectivity index (χ3v) is 1.69. The monoisotopic (exact) mass is 173 g/mol. The molecule has 0 aliphatic carbocycles. The molecule has 1 N–H and O–H groups in total. The molecule has 0 spiro atoms. The maximum absolute atomic E-state index is 10.4. The van der Waals surface area contributed by atoms with Crippen molar-refractivity contribution in [1.29, 1.82) is 0 Å². The molecule has 0 saturated carbocycles. The molecule has 0 saturated heterocycles. The molecule has 0 bridgehead atoms. The van der Waals surface area contributed by atoms with Crippen LogP contribution in [0.4, 0.5) is 0 Å². The summed E-state index contributed by atoms with van der Waals surface area (Å²) in [7, 11) is 0. The van der Waals surface area contributed by atoms with Crippen LogP contribution < -0.4 is 0 Å². The van der Waals surface area contributed by atoms with Gasteiger partial charge < -0.3 is 0 Å². The molecule has 4 nitrogen and oxygen atoms in total. The molecule has 0 aliphatic heterocycles. The number of aromatic amines is 1. The number of nitrogens with one attached hydrogen (secondary N) is 1. The zero-order chi connectivity index (χ0) is 9.10. The van der Waals surface area contributed by atoms with Crippen LogP contribution in [0.5, 0.6) is 0 Å². The number of hydrogen-bond acceptors (Lipinski definition) is 3. The molecule has 0 amide bonds. The average molecular weight is 173 g/mol. The standard InChI is InChI=1S/C9H7N3O/c13-6-8-2-1-3-9(12-8)7-4-10-11-5-7/h1-6H,(H,10,11). The number of rotatable bonds is 2. The molecule has 2 aromatic heterocycles. The van der Waals surface area contributed by atoms with Crippen molar-refractivity contribution >= 4 is 6.29 Å². The van der Waals surface area contributed by atoms with E-state index in [9.17, 15) is 4.79 Å². The van der Waals surface area contributed by atoms with Crippen LogP contribution in [0.15, 0.2) is 30.6 Å². The maximum Gasteiger partial charge on any atom is 0.168 e. The predicted molar refractivity (Wildman–Crippen MR) is 47.2 cm³/mol. The fourth-order valence-corrected chi connectivity index (χ4v) is 1.07. The Morgan fingerprint density at radius 2 is 2.31 bits per heavy atom. The van der Waals surface area contributed by atoms with Gasteiger partial charge in [0.1, 0.15) is 5.69 Å². The van der Waals surface area contributed by atoms with E-state index in [1.54, 1.807) is 24.5 Å². The van der Waals surface area contributed by atoms with E-state index in [-0.39, 0.29) is 0 Å². The highest BCUT2D eigenvalue weighted by Crippen LogP contribution is 2.13. The van der Waals surface area contributed by atoms with E-state index < -0.39 is 0 Å². The molecule has 0 fully saturated rings. The van der Waals surface area contributed by atoms with E-state index in [4.69, 9.17) is 0 Å². The molecule has 13 heavy (non-hydrogen) atoms. The van der Waals surface area contributed by atoms with Crippen LogP contribution in [0.25, 0.3) is 11.3 Å². The lowest BCUT2D eigenvalue weighted by molar-refractivity contribution is 0.111. The maximum atomic E-state index is 10.4. The van der Waals surface area contributed by atoms with Crippen molar-refractivity contribution in [2.45, 2.75) is 0 Å². The van der Waals surface area contributed by atoms with E-state index in [2.05, 4.69) is 15.2 Å². The van der Waals surface area contributed by atoms with Crippen LogP contribution in [0, 0.1) is 0 Å². The average Bonchev–Trinajstić information content (AvgIpc) is 2.71. The lowest BCUT2D eigenvalue weighted by Gasteiger charge is -1.95. The van der Waals surface area contributed by atoms with Crippen molar-refractivity contribution in [3.63, 3.8) is 0 Å². The number of aldehydes is 1. The highest BCUT2D eigenvalue weighted by atomic mass is 16.1. The van der Waals surface area contributed by atoms with Gasteiger partial charge in [-0.25, -0.2) is 4.98 Å². The second-order valence-electron chi connectivity index (χ2n) is 2.55. The zero-order valence-corrected chi connectivity index (χ0v) is 6.77. The molecule has 2 heterocycles. The van der Waals surface area contributed by atoms with Gasteiger partial charge in [0.25, 0.3) is 0 Å². The van der Waals surface area contributed by atoms with Gasteiger partial charge in [0.2, 0.25) is 0 Å². The molecule has 0 aromatic carbocycles. The smallest absolute Gasteiger partial charge is 0.168 e. The quantitative estimate of drug-likeness (QED) is 0.696. The summed E-state index contributed by atoms with van der Waals surface area (Å²) in [4.78, 5) is 14.5. The molecular formula is C9H7N3O. The van der Waals surface area contributed by atoms with Crippen LogP contribution in [0.2, 0.25) is 0 Å². The summed E-state index contributed by atoms with van der Waals surface area (Å²) in [5.74, 6) is 0. The van der Waals surface area contributed by atoms with Crippen molar-refractivity contribution in [2.75, 3.05) is 0 Å². The van der Waals surface area contributed by atoms with Crippen molar-refractivity contribution in [1.82, 2.24) is 15.2 Å². The number of pyridine rings is 1. The Hall–Kier alpha value is -1.97. The SMILES string of the molecule is O=Cc1cccc(-c2cn[nH]c2)n1. The van der Waals surface area contributed by atoms with Gasteiger partial charge in [-0.3, -0.25) is 9.89 Å². The molecule has 0 unspecified atom stereocenters. The van der Waals surface area contributed by atoms with E-state index in [0.717, 1.165) is 17.5 Å². The third kappa shape index (κ3) is 1.46. The van der Waals surface area contributed by atoms with E-state index in [1.807, 2.05) is 6.07 Å². The van der Waals surface area contributed by atoms with Gasteiger partial charge in [0.05, 0.1) is 11.9 Å². The summed E-state index contributed by atoms with van der Waals surface area (Å²) < 4.78 is 0. The molecule has 0 radical (unpaired) electrons. The first kappa shape index (κ1) is 7.67. The topological polar surface area (TPSA) is 58.6 Å². The summed E-state index contributed by atoms with van der Waals surface area (Å²) in [6, 6.07) is 5.29. The molecule has 2 rings (SSSR count). The van der Waals surface area contributed by atoms with Crippen LogP contribution in [0.1, 0.15) is 10.5 Å². The molecular weight excluding hydrogens is 166 g/mol. The van der Waals surface area contributed by atoms with Crippen LogP contribution in [-0.2, 0) is 0 Å². The normalized spacial score (nSPS) is 9.85. The zero-order valence-electron chi connectivity index (χ0n) is 6.77. The Balaban J connectivity index is 2.47. The Bertz CT molecular complexity index is 409. The summed E-state index contributed by atoms with van der Waals surface area (Å²) in [6.07, 6.45) is 4.12. The first-order valence-corrected chi connectivity index (χ1v) is 3.81. The first-order valence-electron chi connectivity index (χ1n) is 3.81. The number of hydrogen-bond donors (Lipinski definition) is 1. The van der Waals surface area contributed by atoms with E-state index in [1.165, 1.54) is 0 Å². The Kier molecular flexibility index (Phi) is 1.88. The van der Waals surface area contributed by atoms with E-state index >= 15 is 0 Å². The minimum Gasteiger partial charge on any atom is -0.296 e. The minimum atomic E-state index is 0.429. The fourth-order valence-electron chi connectivity index (χ4n) is 1.07. The van der Waals surface area contributed by atoms with Crippen LogP contribution in [-0.4, -0.2) is 21.5 Å². The summed E-state index contributed by atoms with van der Waals surface area (Å²) in [6.45, 7) is 0. The Morgan fingerprint density at radius 1 is 1.38 bits per heavy atom. The molecule has 0 atom stereocenters. The predicted octanol–water partition coefficient (Wildman–Crippen LogP) is 1.28. The van der Waals surface area contributed by atoms with Crippen LogP contribution in [0.3, 0.4) is 0 Å². The highest BCUT2D eigenvalue weighted by molar-refractivity contribution is 5.73. The minimum absolute atomic E-state index is 0.429. The lowest BCUT2D eigenvalue weighted by atomic mass is 10.2. The fraction of sp³-hybridized carbons (Fsp3) is 0. The van der Waals surface area contributed by atoms with Crippen LogP contribution >= 0.6 is 0 Å². The second kappa shape index (κ2) is 3.18. The van der Waals surface area contributed by atoms with Gasteiger partial charge in [-0.05, 0) is 12.1 Å². The number of carbonyl (C=O) groups excluding carboxylic acids is 1. The van der Waals surface area contributed by atoms with Crippen molar-refractivity contribution in [3.8, 4) is 11.3 Å². The van der Waals surface area contributed by atoms with Gasteiger partial charge in [0, 0.05) is 11.8 Å². The van der Waals surface area contributed by atoms with Gasteiger partial charge >= 0.3 is 0 Å². The molecule has 4 heteroatoms. The molecule has 2 aromatic rings. The van der Waals surface area contributed by atoms with Gasteiger partial charge in [0.15, 0.2) is 6.29 Å². The largest absolute Gasteiger partial charge is 0.296 e. The lowest BCUT2D eigenvalue weighted by Crippen LogP contribution is -1.88. The molecule has 64 valence electrons. The number of carbonyl (C=O) groups is 1. The highest BCUT2D eigenvalue weighted by Gasteiger charge is 2.00. The number of aromatic nitrogens is 3. The number of H-pyrrole nitrogens is 1. The summed E-state index contributed by atoms with van der Waals surface area (Å²) in [5.41, 5.74) is 2.06. The second-order valence-corrected chi connectivity index (χ2v) is 2.55. The molecule has 0 aliphatic rings. The van der Waals surface area contributed by atoms with Crippen molar-refractivity contribution in [2.24, 2.45) is 0 Å². The summed E-state index contributed by atoms with van der Waals surface area (Å²) in [5, 5.41) is 6.49. The number of nitrogens with zero attached hydrogens (tertiary/aromatic N) is 2. The van der Waals surface area contributed by atoms with Gasteiger partial charge in [-0.1, -0.05) is 6.07 Å². The van der Waals surface area contributed by atoms with Gasteiger partial charge in [-0.2, -0.15) is 5.10 Å². The van der Waals surface area contributed by atoms with Crippen molar-refractivity contribution in [3.05, 3.63) is 36.3 Å². The first-order chi connectivity index (χ1) is 6.40. The summed E-state index contributed by atoms with van der Waals surface area (Å²) >= 11 is 0.